The molecule has 2 rings (SSSR count). The van der Waals surface area contributed by atoms with Gasteiger partial charge in [-0.15, -0.1) is 0 Å². The lowest BCUT2D eigenvalue weighted by Crippen LogP contribution is -2.34. The minimum Gasteiger partial charge on any atom is -0.356 e. The van der Waals surface area contributed by atoms with Gasteiger partial charge >= 0.3 is 0 Å². The Morgan fingerprint density at radius 1 is 1.12 bits per heavy atom. The van der Waals surface area contributed by atoms with Gasteiger partial charge in [-0.2, -0.15) is 0 Å². The zero-order chi connectivity index (χ0) is 19.4. The molecule has 4 heteroatoms. The molecule has 1 atom stereocenters. The smallest absolute Gasteiger partial charge is 0.227 e. The third-order valence-corrected chi connectivity index (χ3v) is 5.13. The zero-order valence-corrected chi connectivity index (χ0v) is 17.1. The van der Waals surface area contributed by atoms with Crippen molar-refractivity contribution >= 4 is 17.5 Å². The summed E-state index contributed by atoms with van der Waals surface area (Å²) in [6.07, 6.45) is 1.27. The average Bonchev–Trinajstić information content (AvgIpc) is 2.95. The second-order valence-electron chi connectivity index (χ2n) is 8.47. The number of carbonyl (C=O) groups is 2. The first-order valence-electron chi connectivity index (χ1n) is 9.93. The molecule has 0 radical (unpaired) electrons. The molecular weight excluding hydrogens is 324 g/mol. The van der Waals surface area contributed by atoms with Crippen molar-refractivity contribution in [1.29, 1.82) is 0 Å². The number of benzene rings is 1. The number of carbonyl (C=O) groups excluding carboxylic acids is 2. The van der Waals surface area contributed by atoms with Crippen molar-refractivity contribution in [3.63, 3.8) is 0 Å². The minimum atomic E-state index is -0.255. The van der Waals surface area contributed by atoms with Crippen LogP contribution in [0.5, 0.6) is 0 Å². The molecule has 0 aromatic heterocycles. The number of hydrogen-bond donors (Lipinski definition) is 1. The van der Waals surface area contributed by atoms with Gasteiger partial charge in [0.05, 0.1) is 11.6 Å². The lowest BCUT2D eigenvalue weighted by atomic mass is 9.92. The summed E-state index contributed by atoms with van der Waals surface area (Å²) in [5, 5.41) is 3.01. The van der Waals surface area contributed by atoms with E-state index in [1.165, 1.54) is 11.1 Å². The molecule has 0 spiro atoms. The van der Waals surface area contributed by atoms with Gasteiger partial charge in [0.1, 0.15) is 0 Å². The van der Waals surface area contributed by atoms with Crippen molar-refractivity contribution in [2.45, 2.75) is 66.2 Å². The predicted octanol–water partition coefficient (Wildman–Crippen LogP) is 4.45. The van der Waals surface area contributed by atoms with Crippen molar-refractivity contribution in [2.24, 2.45) is 11.8 Å². The number of hydrogen-bond acceptors (Lipinski definition) is 2. The van der Waals surface area contributed by atoms with Crippen LogP contribution in [0.3, 0.4) is 0 Å². The SMILES string of the molecule is CC(C)CCNC(=O)C1CC(=O)N(c2c(C(C)C)cccc2C(C)C)C1. The summed E-state index contributed by atoms with van der Waals surface area (Å²) in [4.78, 5) is 27.1. The maximum Gasteiger partial charge on any atom is 0.227 e. The van der Waals surface area contributed by atoms with E-state index in [1.54, 1.807) is 0 Å². The van der Waals surface area contributed by atoms with E-state index in [-0.39, 0.29) is 17.7 Å². The maximum absolute atomic E-state index is 12.8. The Morgan fingerprint density at radius 3 is 2.19 bits per heavy atom. The Morgan fingerprint density at radius 2 is 1.69 bits per heavy atom. The van der Waals surface area contributed by atoms with E-state index in [0.29, 0.717) is 37.3 Å². The first kappa shape index (κ1) is 20.5. The van der Waals surface area contributed by atoms with Gasteiger partial charge in [-0.1, -0.05) is 59.7 Å². The molecule has 1 aromatic rings. The number of amides is 2. The summed E-state index contributed by atoms with van der Waals surface area (Å²) in [5.74, 6) is 1.03. The number of para-hydroxylation sites is 1. The summed E-state index contributed by atoms with van der Waals surface area (Å²) < 4.78 is 0. The van der Waals surface area contributed by atoms with Crippen molar-refractivity contribution in [2.75, 3.05) is 18.0 Å². The molecule has 1 aromatic carbocycles. The standard InChI is InChI=1S/C22H34N2O2/c1-14(2)10-11-23-22(26)17-12-20(25)24(13-17)21-18(15(3)4)8-7-9-19(21)16(5)6/h7-9,14-17H,10-13H2,1-6H3,(H,23,26). The molecule has 1 aliphatic rings. The molecule has 26 heavy (non-hydrogen) atoms. The molecule has 1 aliphatic heterocycles. The van der Waals surface area contributed by atoms with E-state index in [2.05, 4.69) is 65.1 Å². The van der Waals surface area contributed by atoms with Gasteiger partial charge in [-0.05, 0) is 35.3 Å². The molecule has 1 heterocycles. The third kappa shape index (κ3) is 4.66. The predicted molar refractivity (Wildman–Crippen MR) is 108 cm³/mol. The van der Waals surface area contributed by atoms with Crippen LogP contribution in [-0.4, -0.2) is 24.9 Å². The first-order chi connectivity index (χ1) is 12.2. The highest BCUT2D eigenvalue weighted by molar-refractivity contribution is 6.01. The minimum absolute atomic E-state index is 0.00891. The summed E-state index contributed by atoms with van der Waals surface area (Å²) in [6.45, 7) is 14.1. The molecule has 1 N–H and O–H groups in total. The topological polar surface area (TPSA) is 49.4 Å². The fourth-order valence-corrected chi connectivity index (χ4v) is 3.55. The Balaban J connectivity index is 2.22. The number of nitrogens with one attached hydrogen (secondary N) is 1. The molecule has 0 bridgehead atoms. The summed E-state index contributed by atoms with van der Waals surface area (Å²) in [5.41, 5.74) is 3.40. The Kier molecular flexibility index (Phi) is 6.85. The number of anilines is 1. The van der Waals surface area contributed by atoms with Crippen molar-refractivity contribution in [3.05, 3.63) is 29.3 Å². The van der Waals surface area contributed by atoms with Crippen molar-refractivity contribution in [1.82, 2.24) is 5.32 Å². The van der Waals surface area contributed by atoms with Crippen LogP contribution in [0, 0.1) is 11.8 Å². The average molecular weight is 359 g/mol. The molecule has 2 amide bonds. The van der Waals surface area contributed by atoms with Gasteiger partial charge in [0.2, 0.25) is 11.8 Å². The molecule has 1 fully saturated rings. The Hall–Kier alpha value is -1.84. The molecule has 144 valence electrons. The van der Waals surface area contributed by atoms with Crippen molar-refractivity contribution in [3.8, 4) is 0 Å². The second kappa shape index (κ2) is 8.70. The second-order valence-corrected chi connectivity index (χ2v) is 8.47. The largest absolute Gasteiger partial charge is 0.356 e. The van der Waals surface area contributed by atoms with Crippen LogP contribution in [0.4, 0.5) is 5.69 Å². The van der Waals surface area contributed by atoms with E-state index < -0.39 is 0 Å². The molecular formula is C22H34N2O2. The number of nitrogens with zero attached hydrogens (tertiary/aromatic N) is 1. The molecule has 0 aliphatic carbocycles. The Bertz CT molecular complexity index is 623. The molecule has 1 saturated heterocycles. The van der Waals surface area contributed by atoms with Gasteiger partial charge in [0, 0.05) is 19.5 Å². The quantitative estimate of drug-likeness (QED) is 0.783. The summed E-state index contributed by atoms with van der Waals surface area (Å²) in [6, 6.07) is 6.29. The third-order valence-electron chi connectivity index (χ3n) is 5.13. The lowest BCUT2D eigenvalue weighted by Gasteiger charge is -2.27. The van der Waals surface area contributed by atoms with E-state index in [4.69, 9.17) is 0 Å². The summed E-state index contributed by atoms with van der Waals surface area (Å²) in [7, 11) is 0. The van der Waals surface area contributed by atoms with E-state index in [1.807, 2.05) is 4.90 Å². The lowest BCUT2D eigenvalue weighted by molar-refractivity contribution is -0.126. The van der Waals surface area contributed by atoms with E-state index >= 15 is 0 Å². The molecule has 4 nitrogen and oxygen atoms in total. The van der Waals surface area contributed by atoms with Crippen molar-refractivity contribution < 1.29 is 9.59 Å². The van der Waals surface area contributed by atoms with Crippen LogP contribution in [0.1, 0.15) is 77.3 Å². The molecule has 0 saturated carbocycles. The fraction of sp³-hybridized carbons (Fsp3) is 0.636. The van der Waals surface area contributed by atoms with Gasteiger partial charge in [0.25, 0.3) is 0 Å². The Labute approximate surface area is 158 Å². The first-order valence-corrected chi connectivity index (χ1v) is 9.93. The van der Waals surface area contributed by atoms with Crippen LogP contribution in [0.15, 0.2) is 18.2 Å². The van der Waals surface area contributed by atoms with Gasteiger partial charge in [-0.25, -0.2) is 0 Å². The number of rotatable bonds is 7. The van der Waals surface area contributed by atoms with Crippen LogP contribution in [0.25, 0.3) is 0 Å². The summed E-state index contributed by atoms with van der Waals surface area (Å²) >= 11 is 0. The van der Waals surface area contributed by atoms with E-state index in [9.17, 15) is 9.59 Å². The zero-order valence-electron chi connectivity index (χ0n) is 17.1. The van der Waals surface area contributed by atoms with Gasteiger partial charge < -0.3 is 10.2 Å². The van der Waals surface area contributed by atoms with E-state index in [0.717, 1.165) is 12.1 Å². The normalized spacial score (nSPS) is 17.7. The monoisotopic (exact) mass is 358 g/mol. The van der Waals surface area contributed by atoms with Gasteiger partial charge in [0.15, 0.2) is 0 Å². The maximum atomic E-state index is 12.8. The van der Waals surface area contributed by atoms with Gasteiger partial charge in [-0.3, -0.25) is 9.59 Å². The van der Waals surface area contributed by atoms with Crippen LogP contribution in [-0.2, 0) is 9.59 Å². The van der Waals surface area contributed by atoms with Crippen LogP contribution >= 0.6 is 0 Å². The highest BCUT2D eigenvalue weighted by Crippen LogP contribution is 2.38. The fourth-order valence-electron chi connectivity index (χ4n) is 3.55. The van der Waals surface area contributed by atoms with Crippen LogP contribution in [0.2, 0.25) is 0 Å². The molecule has 1 unspecified atom stereocenters. The van der Waals surface area contributed by atoms with Crippen LogP contribution < -0.4 is 10.2 Å². The highest BCUT2D eigenvalue weighted by Gasteiger charge is 2.37. The highest BCUT2D eigenvalue weighted by atomic mass is 16.2.